The van der Waals surface area contributed by atoms with E-state index in [2.05, 4.69) is 36.1 Å². The first-order valence-corrected chi connectivity index (χ1v) is 5.67. The minimum Gasteiger partial charge on any atom is -0.379 e. The Morgan fingerprint density at radius 1 is 1.33 bits per heavy atom. The van der Waals surface area contributed by atoms with Gasteiger partial charge in [0, 0.05) is 19.6 Å². The van der Waals surface area contributed by atoms with Gasteiger partial charge in [-0.1, -0.05) is 29.9 Å². The highest BCUT2D eigenvalue weighted by Crippen LogP contribution is 2.13. The number of allylic oxidation sites excluding steroid dienone is 4. The van der Waals surface area contributed by atoms with Gasteiger partial charge in [0.25, 0.3) is 0 Å². The van der Waals surface area contributed by atoms with E-state index in [0.29, 0.717) is 0 Å². The van der Waals surface area contributed by atoms with Crippen LogP contribution in [0.4, 0.5) is 0 Å². The lowest BCUT2D eigenvalue weighted by Crippen LogP contribution is -2.37. The van der Waals surface area contributed by atoms with Crippen molar-refractivity contribution in [2.45, 2.75) is 13.3 Å². The first-order valence-electron chi connectivity index (χ1n) is 5.67. The molecule has 0 unspecified atom stereocenters. The van der Waals surface area contributed by atoms with Crippen LogP contribution in [0.2, 0.25) is 0 Å². The van der Waals surface area contributed by atoms with Crippen LogP contribution < -0.4 is 0 Å². The lowest BCUT2D eigenvalue weighted by atomic mass is 10.1. The summed E-state index contributed by atoms with van der Waals surface area (Å²) >= 11 is 0. The molecule has 1 saturated heterocycles. The van der Waals surface area contributed by atoms with Crippen LogP contribution in [0.25, 0.3) is 0 Å². The Labute approximate surface area is 91.9 Å². The molecule has 0 spiro atoms. The van der Waals surface area contributed by atoms with Crippen LogP contribution in [0.5, 0.6) is 0 Å². The number of morpholine rings is 1. The fourth-order valence-electron chi connectivity index (χ4n) is 1.98. The maximum absolute atomic E-state index is 5.34. The second-order valence-electron chi connectivity index (χ2n) is 4.25. The summed E-state index contributed by atoms with van der Waals surface area (Å²) in [7, 11) is 0. The molecular weight excluding hydrogens is 186 g/mol. The van der Waals surface area contributed by atoms with Crippen molar-refractivity contribution in [3.63, 3.8) is 0 Å². The Hall–Kier alpha value is -0.860. The summed E-state index contributed by atoms with van der Waals surface area (Å²) in [6.45, 7) is 7.15. The molecule has 0 atom stereocenters. The molecule has 0 N–H and O–H groups in total. The van der Waals surface area contributed by atoms with Gasteiger partial charge in [-0.3, -0.25) is 4.90 Å². The van der Waals surface area contributed by atoms with Crippen molar-refractivity contribution in [1.82, 2.24) is 4.90 Å². The average Bonchev–Trinajstić information content (AvgIpc) is 2.44. The highest BCUT2D eigenvalue weighted by Gasteiger charge is 2.11. The number of hydrogen-bond acceptors (Lipinski definition) is 2. The molecule has 0 aromatic carbocycles. The lowest BCUT2D eigenvalue weighted by Gasteiger charge is -2.26. The number of hydrogen-bond donors (Lipinski definition) is 0. The van der Waals surface area contributed by atoms with Crippen molar-refractivity contribution in [2.75, 3.05) is 32.8 Å². The Bertz CT molecular complexity index is 296. The smallest absolute Gasteiger partial charge is 0.0594 e. The molecule has 1 fully saturated rings. The zero-order chi connectivity index (χ0) is 10.5. The third-order valence-electron chi connectivity index (χ3n) is 2.83. The molecule has 2 rings (SSSR count). The highest BCUT2D eigenvalue weighted by atomic mass is 16.5. The van der Waals surface area contributed by atoms with E-state index < -0.39 is 0 Å². The SMILES string of the molecule is CC1=CC(CN2CCOCC2)=CC=CC1. The predicted octanol–water partition coefficient (Wildman–Crippen LogP) is 2.15. The minimum atomic E-state index is 0.881. The van der Waals surface area contributed by atoms with Crippen LogP contribution in [0, 0.1) is 0 Å². The van der Waals surface area contributed by atoms with E-state index in [4.69, 9.17) is 4.74 Å². The van der Waals surface area contributed by atoms with Gasteiger partial charge in [0.15, 0.2) is 0 Å². The highest BCUT2D eigenvalue weighted by molar-refractivity contribution is 5.32. The molecule has 2 heteroatoms. The summed E-state index contributed by atoms with van der Waals surface area (Å²) < 4.78 is 5.34. The fraction of sp³-hybridized carbons (Fsp3) is 0.538. The Kier molecular flexibility index (Phi) is 3.75. The summed E-state index contributed by atoms with van der Waals surface area (Å²) in [5.74, 6) is 0. The number of nitrogens with zero attached hydrogens (tertiary/aromatic N) is 1. The molecule has 0 radical (unpaired) electrons. The van der Waals surface area contributed by atoms with Crippen molar-refractivity contribution < 1.29 is 4.74 Å². The quantitative estimate of drug-likeness (QED) is 0.685. The van der Waals surface area contributed by atoms with Crippen molar-refractivity contribution in [3.8, 4) is 0 Å². The maximum Gasteiger partial charge on any atom is 0.0594 e. The van der Waals surface area contributed by atoms with Crippen molar-refractivity contribution in [3.05, 3.63) is 35.5 Å². The Morgan fingerprint density at radius 2 is 2.13 bits per heavy atom. The number of rotatable bonds is 2. The molecule has 2 nitrogen and oxygen atoms in total. The molecule has 0 aromatic heterocycles. The third kappa shape index (κ3) is 3.33. The Balaban J connectivity index is 1.94. The van der Waals surface area contributed by atoms with Crippen molar-refractivity contribution in [1.29, 1.82) is 0 Å². The van der Waals surface area contributed by atoms with Gasteiger partial charge in [-0.25, -0.2) is 0 Å². The lowest BCUT2D eigenvalue weighted by molar-refractivity contribution is 0.0426. The second-order valence-corrected chi connectivity index (χ2v) is 4.25. The standard InChI is InChI=1S/C13H19NO/c1-12-4-2-3-5-13(10-12)11-14-6-8-15-9-7-14/h2-3,5,10H,4,6-9,11H2,1H3. The summed E-state index contributed by atoms with van der Waals surface area (Å²) in [5, 5.41) is 0. The molecule has 0 amide bonds. The summed E-state index contributed by atoms with van der Waals surface area (Å²) in [5.41, 5.74) is 2.87. The van der Waals surface area contributed by atoms with E-state index in [9.17, 15) is 0 Å². The van der Waals surface area contributed by atoms with E-state index in [-0.39, 0.29) is 0 Å². The molecule has 0 bridgehead atoms. The molecule has 82 valence electrons. The molecule has 15 heavy (non-hydrogen) atoms. The van der Waals surface area contributed by atoms with Gasteiger partial charge in [-0.05, 0) is 18.9 Å². The van der Waals surface area contributed by atoms with Gasteiger partial charge in [0.1, 0.15) is 0 Å². The van der Waals surface area contributed by atoms with Crippen LogP contribution in [-0.4, -0.2) is 37.7 Å². The largest absolute Gasteiger partial charge is 0.379 e. The summed E-state index contributed by atoms with van der Waals surface area (Å²) in [6, 6.07) is 0. The normalized spacial score (nSPS) is 23.3. The van der Waals surface area contributed by atoms with E-state index in [1.165, 1.54) is 11.1 Å². The second kappa shape index (κ2) is 5.29. The van der Waals surface area contributed by atoms with E-state index in [1.807, 2.05) is 0 Å². The third-order valence-corrected chi connectivity index (χ3v) is 2.83. The monoisotopic (exact) mass is 205 g/mol. The van der Waals surface area contributed by atoms with E-state index in [0.717, 1.165) is 39.3 Å². The minimum absolute atomic E-state index is 0.881. The molecule has 2 aliphatic rings. The van der Waals surface area contributed by atoms with Gasteiger partial charge in [-0.15, -0.1) is 0 Å². The van der Waals surface area contributed by atoms with Crippen LogP contribution >= 0.6 is 0 Å². The van der Waals surface area contributed by atoms with Gasteiger partial charge in [-0.2, -0.15) is 0 Å². The van der Waals surface area contributed by atoms with Crippen LogP contribution in [0.3, 0.4) is 0 Å². The summed E-state index contributed by atoms with van der Waals surface area (Å²) in [6.07, 6.45) is 10.0. The molecule has 1 heterocycles. The van der Waals surface area contributed by atoms with Crippen LogP contribution in [0.15, 0.2) is 35.5 Å². The average molecular weight is 205 g/mol. The van der Waals surface area contributed by atoms with E-state index >= 15 is 0 Å². The molecular formula is C13H19NO. The van der Waals surface area contributed by atoms with Crippen molar-refractivity contribution in [2.24, 2.45) is 0 Å². The van der Waals surface area contributed by atoms with Gasteiger partial charge in [0.2, 0.25) is 0 Å². The van der Waals surface area contributed by atoms with Crippen LogP contribution in [-0.2, 0) is 4.74 Å². The molecule has 0 saturated carbocycles. The first-order chi connectivity index (χ1) is 7.34. The van der Waals surface area contributed by atoms with Gasteiger partial charge in [0.05, 0.1) is 13.2 Å². The van der Waals surface area contributed by atoms with E-state index in [1.54, 1.807) is 0 Å². The van der Waals surface area contributed by atoms with Gasteiger partial charge < -0.3 is 4.74 Å². The zero-order valence-electron chi connectivity index (χ0n) is 9.41. The van der Waals surface area contributed by atoms with Crippen molar-refractivity contribution >= 4 is 0 Å². The molecule has 1 aliphatic heterocycles. The zero-order valence-corrected chi connectivity index (χ0v) is 9.41. The fourth-order valence-corrected chi connectivity index (χ4v) is 1.98. The molecule has 1 aliphatic carbocycles. The van der Waals surface area contributed by atoms with Crippen LogP contribution in [0.1, 0.15) is 13.3 Å². The maximum atomic E-state index is 5.34. The first kappa shape index (κ1) is 10.7. The predicted molar refractivity (Wildman–Crippen MR) is 62.9 cm³/mol. The topological polar surface area (TPSA) is 12.5 Å². The molecule has 0 aromatic rings. The Morgan fingerprint density at radius 3 is 2.93 bits per heavy atom. The van der Waals surface area contributed by atoms with Gasteiger partial charge >= 0.3 is 0 Å². The number of ether oxygens (including phenoxy) is 1. The summed E-state index contributed by atoms with van der Waals surface area (Å²) in [4.78, 5) is 2.46.